The average molecular weight is 899 g/mol. The van der Waals surface area contributed by atoms with Crippen molar-refractivity contribution in [3.8, 4) is 0 Å². The van der Waals surface area contributed by atoms with E-state index >= 15 is 0 Å². The predicted molar refractivity (Wildman–Crippen MR) is 232 cm³/mol. The zero-order valence-corrected chi connectivity index (χ0v) is 36.3. The number of hydrogen-bond donors (Lipinski definition) is 5. The first-order chi connectivity index (χ1) is 29.7. The van der Waals surface area contributed by atoms with Crippen LogP contribution >= 0.6 is 23.2 Å². The number of nitrogens with one attached hydrogen (secondary N) is 3. The summed E-state index contributed by atoms with van der Waals surface area (Å²) in [7, 11) is 0. The standard InChI is InChI=1S/C44H55Cl2N6O10/c1-29(2)38(25-53)52(44(59)62-28-32-17-7-9-19-34(32)46)42(57)37(24-39(54)60-26-30-14-4-3-5-15-30)51-41(56)36(50-40(55)35(48)20-10-12-22-47)21-11-13-23-49-43(58)61-27-31-16-6-8-18-33(31)45/h3-9,14-19,29,35-38H,10-13,20-24,26-28,47-48H2,1-2H3,(H,49,58)(H,50,55)(H,51,56)/t35-,36-,37-,38+/m0/s1. The number of halogens is 2. The molecule has 62 heavy (non-hydrogen) atoms. The first-order valence-electron chi connectivity index (χ1n) is 20.3. The monoisotopic (exact) mass is 897 g/mol. The minimum absolute atomic E-state index is 0.0108. The first-order valence-corrected chi connectivity index (χ1v) is 21.0. The van der Waals surface area contributed by atoms with E-state index in [1.54, 1.807) is 99.0 Å². The van der Waals surface area contributed by atoms with Crippen LogP contribution in [0.1, 0.15) is 75.5 Å². The Labute approximate surface area is 371 Å². The molecule has 0 aliphatic heterocycles. The summed E-state index contributed by atoms with van der Waals surface area (Å²) >= 11 is 12.4. The molecule has 335 valence electrons. The van der Waals surface area contributed by atoms with Crippen LogP contribution in [-0.4, -0.2) is 84.3 Å². The Morgan fingerprint density at radius 1 is 0.710 bits per heavy atom. The van der Waals surface area contributed by atoms with Crippen molar-refractivity contribution in [2.75, 3.05) is 13.1 Å². The van der Waals surface area contributed by atoms with Gasteiger partial charge in [0.15, 0.2) is 0 Å². The number of benzene rings is 3. The van der Waals surface area contributed by atoms with Crippen molar-refractivity contribution in [1.29, 1.82) is 0 Å². The fourth-order valence-electron chi connectivity index (χ4n) is 5.92. The van der Waals surface area contributed by atoms with E-state index in [1.165, 1.54) is 0 Å². The van der Waals surface area contributed by atoms with Crippen LogP contribution in [0.3, 0.4) is 0 Å². The van der Waals surface area contributed by atoms with Gasteiger partial charge in [0.1, 0.15) is 37.9 Å². The molecule has 7 N–H and O–H groups in total. The van der Waals surface area contributed by atoms with E-state index in [0.717, 1.165) is 0 Å². The number of imide groups is 1. The lowest BCUT2D eigenvalue weighted by atomic mass is 10.0. The highest BCUT2D eigenvalue weighted by Crippen LogP contribution is 2.20. The highest BCUT2D eigenvalue weighted by atomic mass is 35.5. The number of nitrogens with zero attached hydrogens (tertiary/aromatic N) is 1. The molecule has 0 spiro atoms. The van der Waals surface area contributed by atoms with Crippen LogP contribution in [0.2, 0.25) is 10.0 Å². The molecule has 18 heteroatoms. The van der Waals surface area contributed by atoms with Crippen molar-refractivity contribution >= 4 is 65.4 Å². The summed E-state index contributed by atoms with van der Waals surface area (Å²) in [5.74, 6) is -4.35. The fourth-order valence-corrected chi connectivity index (χ4v) is 6.30. The number of amides is 5. The minimum atomic E-state index is -1.81. The van der Waals surface area contributed by atoms with Gasteiger partial charge in [-0.05, 0) is 62.3 Å². The second-order valence-corrected chi connectivity index (χ2v) is 15.4. The molecule has 5 amide bonds. The van der Waals surface area contributed by atoms with Gasteiger partial charge in [-0.3, -0.25) is 24.0 Å². The molecule has 3 aromatic rings. The number of ether oxygens (including phenoxy) is 3. The Morgan fingerprint density at radius 3 is 1.89 bits per heavy atom. The van der Waals surface area contributed by atoms with Gasteiger partial charge in [0.05, 0.1) is 12.5 Å². The Bertz CT molecular complexity index is 1940. The van der Waals surface area contributed by atoms with Gasteiger partial charge in [-0.25, -0.2) is 14.5 Å². The maximum absolute atomic E-state index is 14.5. The molecule has 3 aromatic carbocycles. The largest absolute Gasteiger partial charge is 0.461 e. The number of rotatable bonds is 25. The summed E-state index contributed by atoms with van der Waals surface area (Å²) in [6.07, 6.45) is 0.988. The van der Waals surface area contributed by atoms with Crippen LogP contribution in [0.15, 0.2) is 78.9 Å². The summed E-state index contributed by atoms with van der Waals surface area (Å²) in [5, 5.41) is 8.50. The average Bonchev–Trinajstić information content (AvgIpc) is 3.25. The van der Waals surface area contributed by atoms with Gasteiger partial charge in [0, 0.05) is 27.7 Å². The molecule has 0 unspecified atom stereocenters. The lowest BCUT2D eigenvalue weighted by molar-refractivity contribution is -0.149. The highest BCUT2D eigenvalue weighted by Gasteiger charge is 2.40. The zero-order valence-electron chi connectivity index (χ0n) is 34.8. The molecular weight excluding hydrogens is 843 g/mol. The van der Waals surface area contributed by atoms with Gasteiger partial charge in [-0.1, -0.05) is 110 Å². The maximum atomic E-state index is 14.5. The molecular formula is C44H55Cl2N6O10. The van der Waals surface area contributed by atoms with Crippen molar-refractivity contribution in [3.63, 3.8) is 0 Å². The van der Waals surface area contributed by atoms with Crippen LogP contribution in [0, 0.1) is 5.92 Å². The van der Waals surface area contributed by atoms with E-state index in [4.69, 9.17) is 48.9 Å². The van der Waals surface area contributed by atoms with Crippen molar-refractivity contribution in [1.82, 2.24) is 20.9 Å². The van der Waals surface area contributed by atoms with Crippen molar-refractivity contribution in [2.45, 2.75) is 103 Å². The molecule has 1 radical (unpaired) electrons. The quantitative estimate of drug-likeness (QED) is 0.0417. The molecule has 3 rings (SSSR count). The van der Waals surface area contributed by atoms with E-state index in [0.29, 0.717) is 52.4 Å². The van der Waals surface area contributed by atoms with Crippen LogP contribution in [0.25, 0.3) is 0 Å². The second kappa shape index (κ2) is 27.4. The summed E-state index contributed by atoms with van der Waals surface area (Å²) in [6, 6.07) is 16.5. The lowest BCUT2D eigenvalue weighted by Crippen LogP contribution is -2.59. The minimum Gasteiger partial charge on any atom is -0.461 e. The van der Waals surface area contributed by atoms with Gasteiger partial charge in [0.2, 0.25) is 18.1 Å². The van der Waals surface area contributed by atoms with Crippen molar-refractivity contribution in [3.05, 3.63) is 106 Å². The molecule has 0 bridgehead atoms. The first kappa shape index (κ1) is 50.8. The summed E-state index contributed by atoms with van der Waals surface area (Å²) in [6.45, 7) is 3.06. The molecule has 0 saturated heterocycles. The Hall–Kier alpha value is -5.55. The van der Waals surface area contributed by atoms with Gasteiger partial charge < -0.3 is 41.6 Å². The summed E-state index contributed by atoms with van der Waals surface area (Å²) < 4.78 is 16.1. The van der Waals surface area contributed by atoms with Gasteiger partial charge in [0.25, 0.3) is 5.91 Å². The third-order valence-corrected chi connectivity index (χ3v) is 10.2. The second-order valence-electron chi connectivity index (χ2n) is 14.6. The summed E-state index contributed by atoms with van der Waals surface area (Å²) in [5.41, 5.74) is 13.4. The van der Waals surface area contributed by atoms with Crippen LogP contribution in [0.4, 0.5) is 9.59 Å². The van der Waals surface area contributed by atoms with Crippen LogP contribution < -0.4 is 27.4 Å². The van der Waals surface area contributed by atoms with E-state index in [2.05, 4.69) is 16.0 Å². The van der Waals surface area contributed by atoms with Crippen LogP contribution in [-0.2, 0) is 58.0 Å². The maximum Gasteiger partial charge on any atom is 0.417 e. The van der Waals surface area contributed by atoms with E-state index in [-0.39, 0.29) is 50.7 Å². The highest BCUT2D eigenvalue weighted by molar-refractivity contribution is 6.31. The number of hydrogen-bond acceptors (Lipinski definition) is 12. The molecule has 4 atom stereocenters. The number of unbranched alkanes of at least 4 members (excludes halogenated alkanes) is 2. The number of esters is 1. The normalized spacial score (nSPS) is 12.8. The molecule has 0 fully saturated rings. The van der Waals surface area contributed by atoms with Gasteiger partial charge >= 0.3 is 18.2 Å². The molecule has 16 nitrogen and oxygen atoms in total. The zero-order chi connectivity index (χ0) is 45.4. The Balaban J connectivity index is 1.85. The molecule has 0 aliphatic carbocycles. The molecule has 0 aromatic heterocycles. The van der Waals surface area contributed by atoms with Gasteiger partial charge in [-0.15, -0.1) is 0 Å². The SMILES string of the molecule is CC(C)[C@@H]([C]=O)N(C(=O)OCc1ccccc1Cl)C(=O)[C@H](CC(=O)OCc1ccccc1)NC(=O)[C@H](CCCCNC(=O)OCc1ccccc1Cl)NC(=O)[C@@H](N)CCCCN. The Morgan fingerprint density at radius 2 is 1.29 bits per heavy atom. The molecule has 0 heterocycles. The Kier molecular flexibility index (Phi) is 22.5. The fraction of sp³-hybridized carbons (Fsp3) is 0.432. The van der Waals surface area contributed by atoms with E-state index in [9.17, 15) is 33.6 Å². The molecule has 0 aliphatic rings. The number of carbonyl (C=O) groups excluding carboxylic acids is 7. The summed E-state index contributed by atoms with van der Waals surface area (Å²) in [4.78, 5) is 94.1. The van der Waals surface area contributed by atoms with Crippen molar-refractivity contribution in [2.24, 2.45) is 17.4 Å². The lowest BCUT2D eigenvalue weighted by Gasteiger charge is -2.31. The number of carbonyl (C=O) groups is 6. The number of nitrogens with two attached hydrogens (primary N) is 2. The van der Waals surface area contributed by atoms with Crippen LogP contribution in [0.5, 0.6) is 0 Å². The smallest absolute Gasteiger partial charge is 0.417 e. The third-order valence-electron chi connectivity index (χ3n) is 9.45. The third kappa shape index (κ3) is 17.4. The predicted octanol–water partition coefficient (Wildman–Crippen LogP) is 5.25. The molecule has 0 saturated carbocycles. The van der Waals surface area contributed by atoms with Crippen molar-refractivity contribution < 1.29 is 47.8 Å². The van der Waals surface area contributed by atoms with Gasteiger partial charge in [-0.2, -0.15) is 0 Å². The topological polar surface area (TPSA) is 239 Å². The van der Waals surface area contributed by atoms with E-state index < -0.39 is 72.4 Å². The van der Waals surface area contributed by atoms with E-state index in [1.807, 2.05) is 0 Å². The number of alkyl carbamates (subject to hydrolysis) is 1.